The van der Waals surface area contributed by atoms with Gasteiger partial charge in [0.15, 0.2) is 0 Å². The largest absolute Gasteiger partial charge is 0.330 e. The van der Waals surface area contributed by atoms with Crippen molar-refractivity contribution in [2.75, 3.05) is 53.4 Å². The lowest BCUT2D eigenvalue weighted by Gasteiger charge is -2.15. The van der Waals surface area contributed by atoms with Crippen LogP contribution in [0, 0.1) is 0 Å². The normalized spacial score (nSPS) is 10.6. The van der Waals surface area contributed by atoms with Crippen molar-refractivity contribution >= 4 is 11.6 Å². The van der Waals surface area contributed by atoms with Gasteiger partial charge < -0.3 is 21.3 Å². The van der Waals surface area contributed by atoms with Gasteiger partial charge in [0.2, 0.25) is 0 Å². The Balaban J connectivity index is -0.000000494. The van der Waals surface area contributed by atoms with Gasteiger partial charge in [0, 0.05) is 38.8 Å². The summed E-state index contributed by atoms with van der Waals surface area (Å²) in [5.74, 6) is 0.511. The third-order valence-corrected chi connectivity index (χ3v) is 5.13. The van der Waals surface area contributed by atoms with Crippen LogP contribution in [0.5, 0.6) is 0 Å². The molecule has 0 aromatic heterocycles. The minimum absolute atomic E-state index is 0. The molecule has 31 heavy (non-hydrogen) atoms. The number of hydrogen-bond acceptors (Lipinski definition) is 6. The Morgan fingerprint density at radius 2 is 1.06 bits per heavy atom. The van der Waals surface area contributed by atoms with E-state index in [1.165, 1.54) is 58.0 Å². The number of nitrogens with two attached hydrogens (primary N) is 2. The quantitative estimate of drug-likeness (QED) is 0.273. The molecular weight excluding hydrogens is 388 g/mol. The second kappa shape index (κ2) is 27.2. The number of carbonyl (C=O) groups is 2. The standard InChI is InChI=1S/C12H24N2O2.C12H28N2.CH4/c1-3-4-11(15)6-9-14(2)10-7-12(16)5-8-13;1-3-4-5-8-11-14(2)12-9-6-7-10-13;/h3-10,13H2,1-2H3;3-13H2,1-2H3;1H4. The molecule has 6 heteroatoms. The SMILES string of the molecule is C.CCCC(=O)CCN(C)CCC(=O)CCN.CCCCCCN(C)CCCCCN. The van der Waals surface area contributed by atoms with Gasteiger partial charge in [-0.25, -0.2) is 0 Å². The summed E-state index contributed by atoms with van der Waals surface area (Å²) in [5, 5.41) is 0. The average Bonchev–Trinajstić information content (AvgIpc) is 2.72. The predicted octanol–water partition coefficient (Wildman–Crippen LogP) is 4.25. The van der Waals surface area contributed by atoms with Crippen molar-refractivity contribution in [3.05, 3.63) is 0 Å². The molecule has 0 aromatic rings. The Morgan fingerprint density at radius 1 is 0.581 bits per heavy atom. The molecule has 0 aliphatic carbocycles. The van der Waals surface area contributed by atoms with Crippen LogP contribution in [0.25, 0.3) is 0 Å². The van der Waals surface area contributed by atoms with E-state index in [-0.39, 0.29) is 13.2 Å². The molecule has 0 amide bonds. The molecule has 0 saturated heterocycles. The number of hydrogen-bond donors (Lipinski definition) is 2. The summed E-state index contributed by atoms with van der Waals surface area (Å²) in [6.07, 6.45) is 12.4. The summed E-state index contributed by atoms with van der Waals surface area (Å²) in [6, 6.07) is 0. The second-order valence-electron chi connectivity index (χ2n) is 8.38. The summed E-state index contributed by atoms with van der Waals surface area (Å²) < 4.78 is 0. The van der Waals surface area contributed by atoms with Crippen LogP contribution in [-0.4, -0.2) is 74.7 Å². The number of rotatable bonds is 20. The van der Waals surface area contributed by atoms with Crippen molar-refractivity contribution in [1.82, 2.24) is 9.80 Å². The molecule has 4 N–H and O–H groups in total. The summed E-state index contributed by atoms with van der Waals surface area (Å²) in [4.78, 5) is 27.0. The highest BCUT2D eigenvalue weighted by atomic mass is 16.1. The summed E-state index contributed by atoms with van der Waals surface area (Å²) >= 11 is 0. The van der Waals surface area contributed by atoms with E-state index in [1.807, 2.05) is 18.9 Å². The number of nitrogens with zero attached hydrogens (tertiary/aromatic N) is 2. The van der Waals surface area contributed by atoms with Crippen molar-refractivity contribution in [3.63, 3.8) is 0 Å². The fourth-order valence-corrected chi connectivity index (χ4v) is 3.06. The van der Waals surface area contributed by atoms with Crippen molar-refractivity contribution in [1.29, 1.82) is 0 Å². The lowest BCUT2D eigenvalue weighted by atomic mass is 10.1. The van der Waals surface area contributed by atoms with Gasteiger partial charge in [-0.2, -0.15) is 0 Å². The molecule has 0 rings (SSSR count). The molecule has 0 atom stereocenters. The maximum atomic E-state index is 11.3. The Hall–Kier alpha value is -0.820. The zero-order valence-electron chi connectivity index (χ0n) is 20.6. The van der Waals surface area contributed by atoms with Crippen molar-refractivity contribution in [2.45, 2.75) is 98.3 Å². The van der Waals surface area contributed by atoms with E-state index in [4.69, 9.17) is 11.5 Å². The van der Waals surface area contributed by atoms with E-state index in [2.05, 4.69) is 18.9 Å². The summed E-state index contributed by atoms with van der Waals surface area (Å²) in [7, 11) is 4.17. The molecule has 0 radical (unpaired) electrons. The first-order valence-corrected chi connectivity index (χ1v) is 12.2. The Kier molecular flexibility index (Phi) is 30.5. The molecule has 0 unspecified atom stereocenters. The first-order chi connectivity index (χ1) is 14.4. The highest BCUT2D eigenvalue weighted by Gasteiger charge is 2.06. The average molecular weight is 445 g/mol. The topological polar surface area (TPSA) is 92.7 Å². The van der Waals surface area contributed by atoms with Gasteiger partial charge in [-0.15, -0.1) is 0 Å². The van der Waals surface area contributed by atoms with Gasteiger partial charge in [0.25, 0.3) is 0 Å². The minimum atomic E-state index is 0. The molecule has 188 valence electrons. The first kappa shape index (κ1) is 34.8. The van der Waals surface area contributed by atoms with E-state index in [1.54, 1.807) is 0 Å². The van der Waals surface area contributed by atoms with Gasteiger partial charge >= 0.3 is 0 Å². The molecule has 0 heterocycles. The van der Waals surface area contributed by atoms with E-state index >= 15 is 0 Å². The maximum Gasteiger partial charge on any atom is 0.135 e. The van der Waals surface area contributed by atoms with Crippen LogP contribution in [-0.2, 0) is 9.59 Å². The molecule has 6 nitrogen and oxygen atoms in total. The number of ketones is 2. The highest BCUT2D eigenvalue weighted by molar-refractivity contribution is 5.79. The van der Waals surface area contributed by atoms with E-state index < -0.39 is 0 Å². The van der Waals surface area contributed by atoms with E-state index in [0.717, 1.165) is 26.1 Å². The lowest BCUT2D eigenvalue weighted by Crippen LogP contribution is -2.25. The van der Waals surface area contributed by atoms with Crippen LogP contribution >= 0.6 is 0 Å². The van der Waals surface area contributed by atoms with E-state index in [9.17, 15) is 9.59 Å². The van der Waals surface area contributed by atoms with Gasteiger partial charge in [-0.05, 0) is 66.0 Å². The molecular formula is C25H56N4O2. The van der Waals surface area contributed by atoms with Crippen molar-refractivity contribution in [2.24, 2.45) is 11.5 Å². The third-order valence-electron chi connectivity index (χ3n) is 5.13. The highest BCUT2D eigenvalue weighted by Crippen LogP contribution is 2.02. The Bertz CT molecular complexity index is 358. The fraction of sp³-hybridized carbons (Fsp3) is 0.920. The molecule has 0 aromatic carbocycles. The summed E-state index contributed by atoms with van der Waals surface area (Å²) in [5.41, 5.74) is 10.7. The lowest BCUT2D eigenvalue weighted by molar-refractivity contribution is -0.119. The monoisotopic (exact) mass is 444 g/mol. The molecule has 0 bridgehead atoms. The third kappa shape index (κ3) is 29.2. The van der Waals surface area contributed by atoms with Gasteiger partial charge in [0.05, 0.1) is 0 Å². The summed E-state index contributed by atoms with van der Waals surface area (Å²) in [6.45, 7) is 9.52. The fourth-order valence-electron chi connectivity index (χ4n) is 3.06. The second-order valence-corrected chi connectivity index (χ2v) is 8.38. The van der Waals surface area contributed by atoms with Gasteiger partial charge in [-0.3, -0.25) is 9.59 Å². The van der Waals surface area contributed by atoms with Gasteiger partial charge in [0.1, 0.15) is 11.6 Å². The molecule has 0 spiro atoms. The number of carbonyl (C=O) groups excluding carboxylic acids is 2. The molecule has 0 aliphatic heterocycles. The van der Waals surface area contributed by atoms with Crippen LogP contribution in [0.1, 0.15) is 98.3 Å². The van der Waals surface area contributed by atoms with Crippen molar-refractivity contribution < 1.29 is 9.59 Å². The van der Waals surface area contributed by atoms with E-state index in [0.29, 0.717) is 38.0 Å². The zero-order valence-corrected chi connectivity index (χ0v) is 20.6. The predicted molar refractivity (Wildman–Crippen MR) is 137 cm³/mol. The smallest absolute Gasteiger partial charge is 0.135 e. The van der Waals surface area contributed by atoms with Crippen LogP contribution in [0.15, 0.2) is 0 Å². The number of unbranched alkanes of at least 4 members (excludes halogenated alkanes) is 5. The van der Waals surface area contributed by atoms with Crippen LogP contribution in [0.4, 0.5) is 0 Å². The molecule has 0 fully saturated rings. The maximum absolute atomic E-state index is 11.3. The zero-order chi connectivity index (χ0) is 23.0. The Labute approximate surface area is 194 Å². The van der Waals surface area contributed by atoms with Gasteiger partial charge in [-0.1, -0.05) is 47.0 Å². The van der Waals surface area contributed by atoms with Crippen molar-refractivity contribution in [3.8, 4) is 0 Å². The number of Topliss-reactive ketones (excluding diaryl/α,β-unsaturated/α-hetero) is 2. The first-order valence-electron chi connectivity index (χ1n) is 12.2. The van der Waals surface area contributed by atoms with Crippen LogP contribution < -0.4 is 11.5 Å². The Morgan fingerprint density at radius 3 is 1.52 bits per heavy atom. The molecule has 0 saturated carbocycles. The van der Waals surface area contributed by atoms with Crippen LogP contribution in [0.2, 0.25) is 0 Å². The minimum Gasteiger partial charge on any atom is -0.330 e. The van der Waals surface area contributed by atoms with Crippen LogP contribution in [0.3, 0.4) is 0 Å². The molecule has 0 aliphatic rings.